The van der Waals surface area contributed by atoms with Gasteiger partial charge in [0.25, 0.3) is 11.8 Å². The van der Waals surface area contributed by atoms with Gasteiger partial charge in [0.05, 0.1) is 27.3 Å². The molecule has 1 saturated heterocycles. The molecule has 1 aliphatic rings. The summed E-state index contributed by atoms with van der Waals surface area (Å²) >= 11 is 13.5. The van der Waals surface area contributed by atoms with E-state index in [1.807, 2.05) is 24.6 Å². The molecule has 2 amide bonds. The molecule has 0 atom stereocenters. The second-order valence-electron chi connectivity index (χ2n) is 11.3. The van der Waals surface area contributed by atoms with Gasteiger partial charge in [-0.25, -0.2) is 4.98 Å². The van der Waals surface area contributed by atoms with Crippen LogP contribution in [0.2, 0.25) is 10.0 Å². The van der Waals surface area contributed by atoms with E-state index < -0.39 is 0 Å². The first-order valence-corrected chi connectivity index (χ1v) is 15.5. The van der Waals surface area contributed by atoms with Crippen LogP contribution in [0.4, 0.5) is 5.69 Å². The number of imidazole rings is 1. The minimum atomic E-state index is -0.323. The first kappa shape index (κ1) is 30.7. The SMILES string of the molecule is CCCNC(=O)c1cc2nc(Cc3c(Cl)ccc(CNC(=O)c4cccc(O)c4)c3Cl)n(C)c2cc1N1CCC(C)CC1. The molecule has 3 N–H and O–H groups in total. The molecule has 2 heterocycles. The summed E-state index contributed by atoms with van der Waals surface area (Å²) in [5.74, 6) is 1.04. The highest BCUT2D eigenvalue weighted by Crippen LogP contribution is 2.34. The Morgan fingerprint density at radius 1 is 1.05 bits per heavy atom. The molecule has 0 aliphatic carbocycles. The van der Waals surface area contributed by atoms with Crippen LogP contribution in [0.25, 0.3) is 11.0 Å². The number of hydrogen-bond donors (Lipinski definition) is 3. The highest BCUT2D eigenvalue weighted by atomic mass is 35.5. The predicted molar refractivity (Wildman–Crippen MR) is 172 cm³/mol. The first-order chi connectivity index (χ1) is 20.7. The highest BCUT2D eigenvalue weighted by molar-refractivity contribution is 6.36. The Morgan fingerprint density at radius 3 is 2.53 bits per heavy atom. The van der Waals surface area contributed by atoms with Gasteiger partial charge >= 0.3 is 0 Å². The van der Waals surface area contributed by atoms with Crippen molar-refractivity contribution in [1.82, 2.24) is 20.2 Å². The fraction of sp³-hybridized carbons (Fsp3) is 0.364. The van der Waals surface area contributed by atoms with Gasteiger partial charge in [-0.15, -0.1) is 0 Å². The number of nitrogens with zero attached hydrogens (tertiary/aromatic N) is 3. The van der Waals surface area contributed by atoms with E-state index in [-0.39, 0.29) is 24.1 Å². The fourth-order valence-corrected chi connectivity index (χ4v) is 6.06. The van der Waals surface area contributed by atoms with Gasteiger partial charge in [-0.3, -0.25) is 9.59 Å². The topological polar surface area (TPSA) is 99.5 Å². The molecule has 0 bridgehead atoms. The average Bonchev–Trinajstić information content (AvgIpc) is 3.31. The number of carbonyl (C=O) groups is 2. The Morgan fingerprint density at radius 2 is 1.81 bits per heavy atom. The van der Waals surface area contributed by atoms with Crippen LogP contribution in [-0.4, -0.2) is 46.1 Å². The van der Waals surface area contributed by atoms with E-state index in [4.69, 9.17) is 28.2 Å². The lowest BCUT2D eigenvalue weighted by Gasteiger charge is -2.33. The molecule has 1 fully saturated rings. The Kier molecular flexibility index (Phi) is 9.47. The number of phenolic OH excluding ortho intramolecular Hbond substituents is 1. The molecule has 226 valence electrons. The molecule has 8 nitrogen and oxygen atoms in total. The van der Waals surface area contributed by atoms with Gasteiger partial charge in [-0.2, -0.15) is 0 Å². The van der Waals surface area contributed by atoms with Crippen LogP contribution in [0.1, 0.15) is 70.8 Å². The van der Waals surface area contributed by atoms with Gasteiger partial charge in [0, 0.05) is 50.2 Å². The lowest BCUT2D eigenvalue weighted by atomic mass is 9.97. The summed E-state index contributed by atoms with van der Waals surface area (Å²) in [6.45, 7) is 6.93. The van der Waals surface area contributed by atoms with Gasteiger partial charge in [-0.05, 0) is 72.7 Å². The van der Waals surface area contributed by atoms with E-state index in [0.29, 0.717) is 51.2 Å². The zero-order valence-electron chi connectivity index (χ0n) is 24.7. The summed E-state index contributed by atoms with van der Waals surface area (Å²) in [6.07, 6.45) is 3.40. The Hall–Kier alpha value is -3.75. The summed E-state index contributed by atoms with van der Waals surface area (Å²) < 4.78 is 2.03. The number of aromatic nitrogens is 2. The molecule has 4 aromatic rings. The maximum absolute atomic E-state index is 13.3. The number of carbonyl (C=O) groups excluding carboxylic acids is 2. The van der Waals surface area contributed by atoms with E-state index in [0.717, 1.165) is 54.9 Å². The number of aromatic hydroxyl groups is 1. The van der Waals surface area contributed by atoms with Crippen LogP contribution in [0.5, 0.6) is 5.75 Å². The molecule has 0 unspecified atom stereocenters. The molecular weight excluding hydrogens is 585 g/mol. The second kappa shape index (κ2) is 13.3. The molecular formula is C33H37Cl2N5O3. The van der Waals surface area contributed by atoms with Crippen molar-refractivity contribution in [3.63, 3.8) is 0 Å². The summed E-state index contributed by atoms with van der Waals surface area (Å²) in [7, 11) is 1.96. The summed E-state index contributed by atoms with van der Waals surface area (Å²) in [6, 6.07) is 13.7. The zero-order chi connectivity index (χ0) is 30.7. The van der Waals surface area contributed by atoms with E-state index in [1.54, 1.807) is 24.3 Å². The Labute approximate surface area is 262 Å². The summed E-state index contributed by atoms with van der Waals surface area (Å²) in [5, 5.41) is 16.6. The Bertz CT molecular complexity index is 1660. The predicted octanol–water partition coefficient (Wildman–Crippen LogP) is 6.48. The van der Waals surface area contributed by atoms with Crippen molar-refractivity contribution in [1.29, 1.82) is 0 Å². The molecule has 0 radical (unpaired) electrons. The molecule has 10 heteroatoms. The summed E-state index contributed by atoms with van der Waals surface area (Å²) in [5.41, 5.74) is 5.00. The highest BCUT2D eigenvalue weighted by Gasteiger charge is 2.24. The van der Waals surface area contributed by atoms with Crippen LogP contribution in [0, 0.1) is 5.92 Å². The van der Waals surface area contributed by atoms with E-state index in [2.05, 4.69) is 28.5 Å². The number of aryl methyl sites for hydroxylation is 1. The van der Waals surface area contributed by atoms with E-state index in [1.165, 1.54) is 12.1 Å². The Balaban J connectivity index is 1.44. The molecule has 3 aromatic carbocycles. The lowest BCUT2D eigenvalue weighted by Crippen LogP contribution is -2.35. The molecule has 5 rings (SSSR count). The van der Waals surface area contributed by atoms with Crippen molar-refractivity contribution in [3.05, 3.63) is 86.7 Å². The van der Waals surface area contributed by atoms with Gasteiger partial charge in [-0.1, -0.05) is 49.2 Å². The number of phenols is 1. The molecule has 1 aliphatic heterocycles. The molecule has 0 spiro atoms. The van der Waals surface area contributed by atoms with Crippen molar-refractivity contribution in [2.45, 2.75) is 46.1 Å². The average molecular weight is 623 g/mol. The fourth-order valence-electron chi connectivity index (χ4n) is 5.49. The zero-order valence-corrected chi connectivity index (χ0v) is 26.2. The van der Waals surface area contributed by atoms with Crippen LogP contribution in [0.3, 0.4) is 0 Å². The standard InChI is InChI=1S/C33H37Cl2N5O3/c1-4-12-36-33(43)25-16-27-29(18-28(25)40-13-10-20(2)11-14-40)39(3)30(38-27)17-24-26(34)9-8-22(31(24)35)19-37-32(42)21-6-5-7-23(41)15-21/h5-9,15-16,18,20,41H,4,10-14,17,19H2,1-3H3,(H,36,43)(H,37,42). The van der Waals surface area contributed by atoms with E-state index in [9.17, 15) is 14.7 Å². The number of hydrogen-bond acceptors (Lipinski definition) is 5. The van der Waals surface area contributed by atoms with Crippen molar-refractivity contribution in [2.24, 2.45) is 13.0 Å². The number of piperidine rings is 1. The van der Waals surface area contributed by atoms with Gasteiger partial charge in [0.1, 0.15) is 11.6 Å². The maximum atomic E-state index is 13.3. The maximum Gasteiger partial charge on any atom is 0.253 e. The third-order valence-electron chi connectivity index (χ3n) is 8.14. The normalized spacial score (nSPS) is 13.8. The van der Waals surface area contributed by atoms with Crippen molar-refractivity contribution < 1.29 is 14.7 Å². The number of nitrogens with one attached hydrogen (secondary N) is 2. The number of benzene rings is 3. The van der Waals surface area contributed by atoms with Gasteiger partial charge in [0.2, 0.25) is 0 Å². The number of amides is 2. The van der Waals surface area contributed by atoms with Crippen LogP contribution in [-0.2, 0) is 20.0 Å². The van der Waals surface area contributed by atoms with Crippen molar-refractivity contribution in [2.75, 3.05) is 24.5 Å². The number of fused-ring (bicyclic) bond motifs is 1. The van der Waals surface area contributed by atoms with Crippen LogP contribution >= 0.6 is 23.2 Å². The smallest absolute Gasteiger partial charge is 0.253 e. The quantitative estimate of drug-likeness (QED) is 0.199. The number of rotatable bonds is 9. The minimum Gasteiger partial charge on any atom is -0.508 e. The van der Waals surface area contributed by atoms with Crippen LogP contribution < -0.4 is 15.5 Å². The number of anilines is 1. The van der Waals surface area contributed by atoms with Gasteiger partial charge in [0.15, 0.2) is 0 Å². The minimum absolute atomic E-state index is 0.0215. The monoisotopic (exact) mass is 621 g/mol. The van der Waals surface area contributed by atoms with Crippen LogP contribution in [0.15, 0.2) is 48.5 Å². The molecule has 1 aromatic heterocycles. The third kappa shape index (κ3) is 6.76. The summed E-state index contributed by atoms with van der Waals surface area (Å²) in [4.78, 5) is 33.1. The third-order valence-corrected chi connectivity index (χ3v) is 8.97. The van der Waals surface area contributed by atoms with Gasteiger partial charge < -0.3 is 25.2 Å². The van der Waals surface area contributed by atoms with Crippen molar-refractivity contribution in [3.8, 4) is 5.75 Å². The lowest BCUT2D eigenvalue weighted by molar-refractivity contribution is 0.0944. The molecule has 0 saturated carbocycles. The molecule has 43 heavy (non-hydrogen) atoms. The van der Waals surface area contributed by atoms with Crippen molar-refractivity contribution >= 4 is 51.7 Å². The van der Waals surface area contributed by atoms with E-state index >= 15 is 0 Å². The number of halogens is 2. The largest absolute Gasteiger partial charge is 0.508 e. The first-order valence-electron chi connectivity index (χ1n) is 14.7. The second-order valence-corrected chi connectivity index (χ2v) is 12.1.